The molecule has 2 aromatic rings. The van der Waals surface area contributed by atoms with E-state index in [2.05, 4.69) is 39.8 Å². The molecule has 0 aromatic heterocycles. The molecule has 1 unspecified atom stereocenters. The number of carbonyl (C=O) groups is 1. The molecule has 0 saturated heterocycles. The monoisotopic (exact) mass is 479 g/mol. The van der Waals surface area contributed by atoms with Gasteiger partial charge in [-0.15, -0.1) is 0 Å². The first kappa shape index (κ1) is 30.6. The third kappa shape index (κ3) is 9.30. The quantitative estimate of drug-likeness (QED) is 0.158. The maximum absolute atomic E-state index is 13.5. The first-order valence-corrected chi connectivity index (χ1v) is 13.4. The van der Waals surface area contributed by atoms with Crippen LogP contribution >= 0.6 is 8.58 Å². The fraction of sp³-hybridized carbons (Fsp3) is 0.536. The average molecular weight is 480 g/mol. The van der Waals surface area contributed by atoms with Crippen LogP contribution in [0, 0.1) is 20.8 Å². The van der Waals surface area contributed by atoms with Gasteiger partial charge in [0.15, 0.2) is 5.52 Å². The summed E-state index contributed by atoms with van der Waals surface area (Å²) in [7, 11) is -0.0789. The van der Waals surface area contributed by atoms with Crippen molar-refractivity contribution in [2.75, 3.05) is 19.8 Å². The van der Waals surface area contributed by atoms with E-state index >= 15 is 0 Å². The van der Waals surface area contributed by atoms with Gasteiger partial charge < -0.3 is 14.2 Å². The zero-order valence-electron chi connectivity index (χ0n) is 22.3. The number of carbonyl (C=O) groups excluding carboxylic acids is 1. The van der Waals surface area contributed by atoms with Crippen LogP contribution in [0.15, 0.2) is 24.3 Å². The fourth-order valence-electron chi connectivity index (χ4n) is 3.70. The van der Waals surface area contributed by atoms with Crippen LogP contribution in [0.5, 0.6) is 17.2 Å². The Bertz CT molecular complexity index is 859. The predicted octanol–water partition coefficient (Wildman–Crippen LogP) is 6.91. The van der Waals surface area contributed by atoms with Crippen molar-refractivity contribution in [3.05, 3.63) is 46.5 Å². The van der Waals surface area contributed by atoms with Crippen molar-refractivity contribution >= 4 is 38.3 Å². The molecule has 0 N–H and O–H groups in total. The van der Waals surface area contributed by atoms with Gasteiger partial charge in [-0.05, 0) is 59.7 Å². The second-order valence-corrected chi connectivity index (χ2v) is 9.83. The Kier molecular flexibility index (Phi) is 14.6. The Balaban J connectivity index is 0.00000578. The van der Waals surface area contributed by atoms with Gasteiger partial charge in [-0.3, -0.25) is 4.79 Å². The van der Waals surface area contributed by atoms with Gasteiger partial charge in [0.2, 0.25) is 0 Å². The molecule has 0 spiro atoms. The van der Waals surface area contributed by atoms with E-state index in [1.54, 1.807) is 0 Å². The topological polar surface area (TPSA) is 44.8 Å². The van der Waals surface area contributed by atoms with Gasteiger partial charge in [0.05, 0.1) is 25.1 Å². The summed E-state index contributed by atoms with van der Waals surface area (Å²) < 4.78 is 18.4. The van der Waals surface area contributed by atoms with Crippen molar-refractivity contribution < 1.29 is 19.0 Å². The Morgan fingerprint density at radius 2 is 1.18 bits per heavy atom. The molecule has 0 aliphatic carbocycles. The minimum atomic E-state index is -0.0789. The molecule has 0 fully saturated rings. The SMILES string of the molecule is CCCCOc1cc(OCCCC)c(PC(=O)c2c(C)cc(C)cc2C)c(OCCCC)c1.[Li]. The molecule has 0 saturated carbocycles. The van der Waals surface area contributed by atoms with Crippen molar-refractivity contribution in [3.63, 3.8) is 0 Å². The van der Waals surface area contributed by atoms with Crippen molar-refractivity contribution in [1.29, 1.82) is 0 Å². The summed E-state index contributed by atoms with van der Waals surface area (Å²) in [5.41, 5.74) is 4.13. The van der Waals surface area contributed by atoms with E-state index in [9.17, 15) is 4.79 Å². The van der Waals surface area contributed by atoms with Crippen LogP contribution in [0.2, 0.25) is 0 Å². The van der Waals surface area contributed by atoms with Gasteiger partial charge in [-0.1, -0.05) is 57.7 Å². The van der Waals surface area contributed by atoms with E-state index in [4.69, 9.17) is 14.2 Å². The van der Waals surface area contributed by atoms with E-state index in [0.29, 0.717) is 31.3 Å². The summed E-state index contributed by atoms with van der Waals surface area (Å²) in [4.78, 5) is 13.5. The van der Waals surface area contributed by atoms with Crippen molar-refractivity contribution in [2.45, 2.75) is 80.1 Å². The molecule has 0 aliphatic heterocycles. The summed E-state index contributed by atoms with van der Waals surface area (Å²) in [5.74, 6) is 2.15. The largest absolute Gasteiger partial charge is 0.493 e. The summed E-state index contributed by atoms with van der Waals surface area (Å²) in [5, 5.41) is 0.842. The molecule has 0 aliphatic rings. The van der Waals surface area contributed by atoms with E-state index in [0.717, 1.165) is 66.3 Å². The van der Waals surface area contributed by atoms with Gasteiger partial charge in [0.1, 0.15) is 17.2 Å². The summed E-state index contributed by atoms with van der Waals surface area (Å²) in [6.07, 6.45) is 6.07. The predicted molar refractivity (Wildman–Crippen MR) is 146 cm³/mol. The Morgan fingerprint density at radius 3 is 1.62 bits per heavy atom. The number of hydrogen-bond donors (Lipinski definition) is 0. The first-order chi connectivity index (χ1) is 15.9. The van der Waals surface area contributed by atoms with Gasteiger partial charge >= 0.3 is 0 Å². The van der Waals surface area contributed by atoms with Crippen LogP contribution in [0.1, 0.15) is 86.3 Å². The summed E-state index contributed by atoms with van der Waals surface area (Å²) in [6, 6.07) is 8.02. The van der Waals surface area contributed by atoms with Gasteiger partial charge in [0.25, 0.3) is 0 Å². The first-order valence-electron chi connectivity index (χ1n) is 12.4. The van der Waals surface area contributed by atoms with E-state index < -0.39 is 0 Å². The third-order valence-corrected chi connectivity index (χ3v) is 6.68. The van der Waals surface area contributed by atoms with Crippen molar-refractivity contribution in [1.82, 2.24) is 0 Å². The van der Waals surface area contributed by atoms with Crippen LogP contribution in [0.4, 0.5) is 0 Å². The minimum Gasteiger partial charge on any atom is -0.493 e. The van der Waals surface area contributed by atoms with Gasteiger partial charge in [-0.2, -0.15) is 0 Å². The molecule has 183 valence electrons. The van der Waals surface area contributed by atoms with Crippen molar-refractivity contribution in [2.24, 2.45) is 0 Å². The average Bonchev–Trinajstić information content (AvgIpc) is 2.75. The maximum atomic E-state index is 13.5. The molecule has 0 heterocycles. The van der Waals surface area contributed by atoms with Crippen LogP contribution in [-0.2, 0) is 0 Å². The van der Waals surface area contributed by atoms with Crippen molar-refractivity contribution in [3.8, 4) is 17.2 Å². The zero-order valence-corrected chi connectivity index (χ0v) is 23.3. The molecule has 4 nitrogen and oxygen atoms in total. The second-order valence-electron chi connectivity index (χ2n) is 8.63. The van der Waals surface area contributed by atoms with Crippen LogP contribution in [0.3, 0.4) is 0 Å². The molecule has 6 heteroatoms. The molecule has 2 rings (SSSR count). The van der Waals surface area contributed by atoms with Crippen LogP contribution in [0.25, 0.3) is 0 Å². The number of ether oxygens (including phenoxy) is 3. The second kappa shape index (κ2) is 16.3. The number of hydrogen-bond acceptors (Lipinski definition) is 4. The van der Waals surface area contributed by atoms with Gasteiger partial charge in [0, 0.05) is 36.6 Å². The molecular formula is C28H41LiO4P. The standard InChI is InChI=1S/C28H41O4P.Li/c1-7-10-13-30-23-18-24(31-14-11-8-2)27(25(19-23)32-15-12-9-3)33-28(29)26-21(5)16-20(4)17-22(26)6;/h16-19,33H,7-15H2,1-6H3;. The molecule has 0 bridgehead atoms. The molecular weight excluding hydrogens is 438 g/mol. The number of rotatable bonds is 15. The number of unbranched alkanes of at least 4 members (excludes halogenated alkanes) is 3. The Hall–Kier alpha value is -1.46. The Morgan fingerprint density at radius 1 is 0.735 bits per heavy atom. The normalized spacial score (nSPS) is 10.9. The smallest absolute Gasteiger partial charge is 0.186 e. The molecule has 34 heavy (non-hydrogen) atoms. The van der Waals surface area contributed by atoms with Crippen LogP contribution in [-0.4, -0.2) is 44.2 Å². The Labute approximate surface area is 220 Å². The minimum absolute atomic E-state index is 0. The van der Waals surface area contributed by atoms with Gasteiger partial charge in [-0.25, -0.2) is 0 Å². The number of benzene rings is 2. The fourth-order valence-corrected chi connectivity index (χ4v) is 4.98. The number of aryl methyl sites for hydroxylation is 3. The summed E-state index contributed by atoms with van der Waals surface area (Å²) in [6.45, 7) is 14.4. The van der Waals surface area contributed by atoms with E-state index in [1.165, 1.54) is 5.56 Å². The molecule has 0 amide bonds. The molecule has 1 atom stereocenters. The van der Waals surface area contributed by atoms with E-state index in [-0.39, 0.29) is 33.0 Å². The van der Waals surface area contributed by atoms with Crippen LogP contribution < -0.4 is 19.5 Å². The summed E-state index contributed by atoms with van der Waals surface area (Å²) >= 11 is 0. The molecule has 2 aromatic carbocycles. The molecule has 1 radical (unpaired) electrons. The maximum Gasteiger partial charge on any atom is 0.186 e. The third-order valence-electron chi connectivity index (χ3n) is 5.46. The van der Waals surface area contributed by atoms with E-state index in [1.807, 2.05) is 26.0 Å². The zero-order chi connectivity index (χ0) is 24.2.